The molecular formula is C9H10Cl2N2O. The lowest BCUT2D eigenvalue weighted by molar-refractivity contribution is 0.0953. The topological polar surface area (TPSA) is 42.0 Å². The summed E-state index contributed by atoms with van der Waals surface area (Å²) in [5, 5.41) is 3.30. The number of amides is 1. The summed E-state index contributed by atoms with van der Waals surface area (Å²) < 4.78 is 0. The third kappa shape index (κ3) is 2.86. The van der Waals surface area contributed by atoms with Crippen LogP contribution in [0.3, 0.4) is 0 Å². The highest BCUT2D eigenvalue weighted by Crippen LogP contribution is 2.18. The first-order valence-corrected chi connectivity index (χ1v) is 5.00. The van der Waals surface area contributed by atoms with Crippen molar-refractivity contribution in [3.63, 3.8) is 0 Å². The number of carbonyl (C=O) groups excluding carboxylic acids is 1. The summed E-state index contributed by atoms with van der Waals surface area (Å²) in [5.41, 5.74) is 0.351. The van der Waals surface area contributed by atoms with E-state index in [1.165, 1.54) is 12.3 Å². The zero-order valence-corrected chi connectivity index (χ0v) is 9.19. The second kappa shape index (κ2) is 5.17. The van der Waals surface area contributed by atoms with E-state index in [4.69, 9.17) is 23.2 Å². The van der Waals surface area contributed by atoms with E-state index in [-0.39, 0.29) is 11.1 Å². The maximum absolute atomic E-state index is 11.5. The minimum Gasteiger partial charge on any atom is -0.352 e. The molecule has 0 saturated heterocycles. The van der Waals surface area contributed by atoms with Gasteiger partial charge in [-0.3, -0.25) is 4.79 Å². The van der Waals surface area contributed by atoms with Crippen LogP contribution in [0.2, 0.25) is 10.2 Å². The first-order chi connectivity index (χ1) is 6.65. The van der Waals surface area contributed by atoms with Crippen molar-refractivity contribution in [2.24, 2.45) is 0 Å². The standard InChI is InChI=1S/C9H10Cl2N2O/c1-2-3-12-9(14)6-5-13-8(11)4-7(6)10/h4-5H,2-3H2,1H3,(H,12,14). The van der Waals surface area contributed by atoms with E-state index in [9.17, 15) is 4.79 Å². The van der Waals surface area contributed by atoms with Crippen molar-refractivity contribution >= 4 is 29.1 Å². The molecule has 0 bridgehead atoms. The zero-order chi connectivity index (χ0) is 10.6. The molecule has 0 aliphatic rings. The van der Waals surface area contributed by atoms with Gasteiger partial charge < -0.3 is 5.32 Å². The van der Waals surface area contributed by atoms with E-state index in [0.717, 1.165) is 6.42 Å². The summed E-state index contributed by atoms with van der Waals surface area (Å²) in [7, 11) is 0. The molecule has 1 aromatic heterocycles. The highest BCUT2D eigenvalue weighted by atomic mass is 35.5. The number of nitrogens with zero attached hydrogens (tertiary/aromatic N) is 1. The van der Waals surface area contributed by atoms with Crippen LogP contribution in [-0.2, 0) is 0 Å². The summed E-state index contributed by atoms with van der Waals surface area (Å²) in [6.07, 6.45) is 2.25. The van der Waals surface area contributed by atoms with Crippen molar-refractivity contribution in [3.8, 4) is 0 Å². The predicted molar refractivity (Wildman–Crippen MR) is 56.9 cm³/mol. The van der Waals surface area contributed by atoms with Crippen LogP contribution in [0.25, 0.3) is 0 Å². The molecule has 0 saturated carbocycles. The Kier molecular flexibility index (Phi) is 4.17. The van der Waals surface area contributed by atoms with Gasteiger partial charge in [-0.1, -0.05) is 30.1 Å². The van der Waals surface area contributed by atoms with Crippen LogP contribution < -0.4 is 5.32 Å². The van der Waals surface area contributed by atoms with Gasteiger partial charge in [-0.25, -0.2) is 4.98 Å². The maximum Gasteiger partial charge on any atom is 0.254 e. The Morgan fingerprint density at radius 2 is 2.29 bits per heavy atom. The number of hydrogen-bond donors (Lipinski definition) is 1. The summed E-state index contributed by atoms with van der Waals surface area (Å²) in [6, 6.07) is 1.45. The lowest BCUT2D eigenvalue weighted by Gasteiger charge is -2.04. The Morgan fingerprint density at radius 3 is 2.86 bits per heavy atom. The van der Waals surface area contributed by atoms with Gasteiger partial charge in [0.15, 0.2) is 0 Å². The van der Waals surface area contributed by atoms with Crippen LogP contribution >= 0.6 is 23.2 Å². The van der Waals surface area contributed by atoms with Crippen LogP contribution in [0.4, 0.5) is 0 Å². The maximum atomic E-state index is 11.5. The van der Waals surface area contributed by atoms with Gasteiger partial charge in [0.1, 0.15) is 5.15 Å². The van der Waals surface area contributed by atoms with Crippen molar-refractivity contribution < 1.29 is 4.79 Å². The smallest absolute Gasteiger partial charge is 0.254 e. The molecule has 0 aliphatic carbocycles. The molecule has 1 amide bonds. The highest BCUT2D eigenvalue weighted by Gasteiger charge is 2.10. The quantitative estimate of drug-likeness (QED) is 0.815. The molecule has 14 heavy (non-hydrogen) atoms. The predicted octanol–water partition coefficient (Wildman–Crippen LogP) is 2.53. The Morgan fingerprint density at radius 1 is 1.57 bits per heavy atom. The fourth-order valence-electron chi connectivity index (χ4n) is 0.908. The largest absolute Gasteiger partial charge is 0.352 e. The Hall–Kier alpha value is -0.800. The lowest BCUT2D eigenvalue weighted by Crippen LogP contribution is -2.24. The van der Waals surface area contributed by atoms with Gasteiger partial charge in [0.2, 0.25) is 0 Å². The molecule has 0 unspecified atom stereocenters. The summed E-state index contributed by atoms with van der Waals surface area (Å²) in [5.74, 6) is -0.221. The minimum atomic E-state index is -0.221. The number of rotatable bonds is 3. The van der Waals surface area contributed by atoms with Gasteiger partial charge in [0.25, 0.3) is 5.91 Å². The Balaban J connectivity index is 2.80. The second-order valence-corrected chi connectivity index (χ2v) is 3.54. The van der Waals surface area contributed by atoms with Crippen molar-refractivity contribution in [2.45, 2.75) is 13.3 Å². The number of pyridine rings is 1. The van der Waals surface area contributed by atoms with Crippen LogP contribution in [0.1, 0.15) is 23.7 Å². The van der Waals surface area contributed by atoms with Crippen molar-refractivity contribution in [1.29, 1.82) is 0 Å². The lowest BCUT2D eigenvalue weighted by atomic mass is 10.2. The van der Waals surface area contributed by atoms with E-state index < -0.39 is 0 Å². The van der Waals surface area contributed by atoms with Crippen molar-refractivity contribution in [3.05, 3.63) is 28.0 Å². The van der Waals surface area contributed by atoms with E-state index in [1.54, 1.807) is 0 Å². The average Bonchev–Trinajstić information content (AvgIpc) is 2.14. The minimum absolute atomic E-state index is 0.221. The third-order valence-electron chi connectivity index (χ3n) is 1.60. The summed E-state index contributed by atoms with van der Waals surface area (Å²) in [4.78, 5) is 15.2. The molecule has 1 rings (SSSR count). The number of aromatic nitrogens is 1. The molecule has 0 fully saturated rings. The summed E-state index contributed by atoms with van der Waals surface area (Å²) >= 11 is 11.4. The molecule has 1 N–H and O–H groups in total. The van der Waals surface area contributed by atoms with Gasteiger partial charge in [-0.2, -0.15) is 0 Å². The Labute approximate surface area is 92.4 Å². The van der Waals surface area contributed by atoms with Gasteiger partial charge in [0, 0.05) is 12.7 Å². The average molecular weight is 233 g/mol. The van der Waals surface area contributed by atoms with Crippen molar-refractivity contribution in [2.75, 3.05) is 6.54 Å². The fourth-order valence-corrected chi connectivity index (χ4v) is 1.36. The molecule has 76 valence electrons. The first kappa shape index (κ1) is 11.3. The number of carbonyl (C=O) groups is 1. The molecule has 1 heterocycles. The van der Waals surface area contributed by atoms with Gasteiger partial charge in [-0.05, 0) is 12.5 Å². The molecule has 0 aromatic carbocycles. The Bertz CT molecular complexity index is 342. The monoisotopic (exact) mass is 232 g/mol. The fraction of sp³-hybridized carbons (Fsp3) is 0.333. The number of halogens is 2. The molecule has 1 aromatic rings. The molecule has 5 heteroatoms. The van der Waals surface area contributed by atoms with Crippen LogP contribution in [0.5, 0.6) is 0 Å². The van der Waals surface area contributed by atoms with E-state index in [0.29, 0.717) is 17.1 Å². The highest BCUT2D eigenvalue weighted by molar-refractivity contribution is 6.36. The molecule has 0 radical (unpaired) electrons. The van der Waals surface area contributed by atoms with Crippen LogP contribution in [0.15, 0.2) is 12.3 Å². The number of hydrogen-bond acceptors (Lipinski definition) is 2. The van der Waals surface area contributed by atoms with E-state index in [2.05, 4.69) is 10.3 Å². The SMILES string of the molecule is CCCNC(=O)c1cnc(Cl)cc1Cl. The third-order valence-corrected chi connectivity index (χ3v) is 2.12. The summed E-state index contributed by atoms with van der Waals surface area (Å²) in [6.45, 7) is 2.60. The van der Waals surface area contributed by atoms with Gasteiger partial charge in [0.05, 0.1) is 10.6 Å². The van der Waals surface area contributed by atoms with Gasteiger partial charge in [-0.15, -0.1) is 0 Å². The molecule has 3 nitrogen and oxygen atoms in total. The van der Waals surface area contributed by atoms with Gasteiger partial charge >= 0.3 is 0 Å². The van der Waals surface area contributed by atoms with Crippen LogP contribution in [0, 0.1) is 0 Å². The molecule has 0 spiro atoms. The van der Waals surface area contributed by atoms with Crippen LogP contribution in [-0.4, -0.2) is 17.4 Å². The molecule has 0 aliphatic heterocycles. The normalized spacial score (nSPS) is 9.93. The zero-order valence-electron chi connectivity index (χ0n) is 7.68. The second-order valence-electron chi connectivity index (χ2n) is 2.74. The number of nitrogens with one attached hydrogen (secondary N) is 1. The first-order valence-electron chi connectivity index (χ1n) is 4.24. The van der Waals surface area contributed by atoms with E-state index in [1.807, 2.05) is 6.92 Å². The van der Waals surface area contributed by atoms with Crippen molar-refractivity contribution in [1.82, 2.24) is 10.3 Å². The molecular weight excluding hydrogens is 223 g/mol. The molecule has 0 atom stereocenters. The van der Waals surface area contributed by atoms with E-state index >= 15 is 0 Å².